The topological polar surface area (TPSA) is 59.8 Å². The minimum atomic E-state index is -0.376. The van der Waals surface area contributed by atoms with Crippen molar-refractivity contribution in [1.29, 1.82) is 0 Å². The number of amides is 1. The fraction of sp³-hybridized carbons (Fsp3) is 0.208. The van der Waals surface area contributed by atoms with Gasteiger partial charge in [-0.1, -0.05) is 12.1 Å². The number of hydrogen-bond acceptors (Lipinski definition) is 3. The van der Waals surface area contributed by atoms with Crippen LogP contribution in [0.4, 0.5) is 4.39 Å². The summed E-state index contributed by atoms with van der Waals surface area (Å²) in [5.74, 6) is -0.596. The van der Waals surface area contributed by atoms with Gasteiger partial charge in [0.05, 0.1) is 24.0 Å². The first-order chi connectivity index (χ1) is 14.6. The molecule has 2 aromatic carbocycles. The number of fused-ring (bicyclic) bond motifs is 1. The number of halogens is 1. The van der Waals surface area contributed by atoms with Gasteiger partial charge in [0.1, 0.15) is 5.82 Å². The summed E-state index contributed by atoms with van der Waals surface area (Å²) >= 11 is 0. The van der Waals surface area contributed by atoms with Crippen LogP contribution in [0.2, 0.25) is 0 Å². The van der Waals surface area contributed by atoms with Gasteiger partial charge in [0.15, 0.2) is 0 Å². The van der Waals surface area contributed by atoms with Crippen LogP contribution >= 0.6 is 0 Å². The van der Waals surface area contributed by atoms with Gasteiger partial charge >= 0.3 is 0 Å². The normalized spacial score (nSPS) is 13.5. The molecule has 30 heavy (non-hydrogen) atoms. The predicted molar refractivity (Wildman–Crippen MR) is 114 cm³/mol. The summed E-state index contributed by atoms with van der Waals surface area (Å²) < 4.78 is 16.5. The summed E-state index contributed by atoms with van der Waals surface area (Å²) in [5.41, 5.74) is 4.36. The Hall–Kier alpha value is -3.54. The highest BCUT2D eigenvalue weighted by Gasteiger charge is 2.24. The molecule has 150 valence electrons. The zero-order valence-electron chi connectivity index (χ0n) is 16.6. The average Bonchev–Trinajstić information content (AvgIpc) is 3.49. The van der Waals surface area contributed by atoms with Crippen molar-refractivity contribution < 1.29 is 9.18 Å². The van der Waals surface area contributed by atoms with Crippen LogP contribution in [-0.2, 0) is 6.54 Å². The van der Waals surface area contributed by atoms with Crippen molar-refractivity contribution in [3.63, 3.8) is 0 Å². The molecule has 1 saturated carbocycles. The van der Waals surface area contributed by atoms with Gasteiger partial charge in [-0.15, -0.1) is 0 Å². The Balaban J connectivity index is 1.50. The minimum absolute atomic E-state index is 0.220. The Bertz CT molecular complexity index is 1250. The van der Waals surface area contributed by atoms with E-state index in [0.717, 1.165) is 40.6 Å². The molecule has 4 aromatic rings. The van der Waals surface area contributed by atoms with Crippen molar-refractivity contribution in [2.24, 2.45) is 0 Å². The van der Waals surface area contributed by atoms with Crippen molar-refractivity contribution in [1.82, 2.24) is 20.1 Å². The number of carbonyl (C=O) groups is 1. The largest absolute Gasteiger partial charge is 0.349 e. The first kappa shape index (κ1) is 18.5. The number of pyridine rings is 1. The molecule has 0 spiro atoms. The third-order valence-corrected chi connectivity index (χ3v) is 5.51. The zero-order chi connectivity index (χ0) is 20.7. The maximum absolute atomic E-state index is 14.6. The van der Waals surface area contributed by atoms with Gasteiger partial charge in [-0.3, -0.25) is 14.5 Å². The van der Waals surface area contributed by atoms with Gasteiger partial charge in [-0.05, 0) is 72.9 Å². The van der Waals surface area contributed by atoms with E-state index in [4.69, 9.17) is 0 Å². The quantitative estimate of drug-likeness (QED) is 0.537. The third kappa shape index (κ3) is 3.56. The molecule has 0 atom stereocenters. The molecule has 2 aromatic heterocycles. The van der Waals surface area contributed by atoms with E-state index in [1.807, 2.05) is 41.1 Å². The Labute approximate surface area is 173 Å². The van der Waals surface area contributed by atoms with E-state index in [-0.39, 0.29) is 17.8 Å². The lowest BCUT2D eigenvalue weighted by Gasteiger charge is -2.11. The standard InChI is InChI=1S/C24H21FN4O/c1-15-21(11-17(12-22(15)25)24(30)28-19-6-7-19)16-5-8-23-18(10-16)13-27-29(23)14-20-4-2-3-9-26-20/h2-5,8-13,19H,6-7,14H2,1H3,(H,28,30). The molecule has 1 N–H and O–H groups in total. The highest BCUT2D eigenvalue weighted by molar-refractivity contribution is 5.96. The number of nitrogens with zero attached hydrogens (tertiary/aromatic N) is 3. The van der Waals surface area contributed by atoms with Crippen LogP contribution in [0.3, 0.4) is 0 Å². The molecule has 0 aliphatic heterocycles. The van der Waals surface area contributed by atoms with Crippen LogP contribution in [0.15, 0.2) is 60.9 Å². The lowest BCUT2D eigenvalue weighted by molar-refractivity contribution is 0.0950. The smallest absolute Gasteiger partial charge is 0.251 e. The fourth-order valence-electron chi connectivity index (χ4n) is 3.63. The monoisotopic (exact) mass is 400 g/mol. The molecule has 5 nitrogen and oxygen atoms in total. The van der Waals surface area contributed by atoms with Crippen LogP contribution < -0.4 is 5.32 Å². The maximum Gasteiger partial charge on any atom is 0.251 e. The molecular weight excluding hydrogens is 379 g/mol. The van der Waals surface area contributed by atoms with Gasteiger partial charge in [0.2, 0.25) is 0 Å². The lowest BCUT2D eigenvalue weighted by Crippen LogP contribution is -2.25. The molecule has 0 bridgehead atoms. The number of hydrogen-bond donors (Lipinski definition) is 1. The van der Waals surface area contributed by atoms with Crippen LogP contribution in [0.5, 0.6) is 0 Å². The van der Waals surface area contributed by atoms with E-state index in [9.17, 15) is 9.18 Å². The maximum atomic E-state index is 14.6. The van der Waals surface area contributed by atoms with Crippen molar-refractivity contribution >= 4 is 16.8 Å². The molecule has 1 amide bonds. The van der Waals surface area contributed by atoms with Gasteiger partial charge in [0.25, 0.3) is 5.91 Å². The number of rotatable bonds is 5. The van der Waals surface area contributed by atoms with E-state index in [2.05, 4.69) is 15.4 Å². The first-order valence-corrected chi connectivity index (χ1v) is 10.1. The number of nitrogens with one attached hydrogen (secondary N) is 1. The minimum Gasteiger partial charge on any atom is -0.349 e. The van der Waals surface area contributed by atoms with Crippen LogP contribution in [0.1, 0.15) is 34.5 Å². The van der Waals surface area contributed by atoms with Gasteiger partial charge in [-0.25, -0.2) is 4.39 Å². The van der Waals surface area contributed by atoms with Gasteiger partial charge in [-0.2, -0.15) is 5.10 Å². The molecule has 5 rings (SSSR count). The van der Waals surface area contributed by atoms with E-state index < -0.39 is 0 Å². The summed E-state index contributed by atoms with van der Waals surface area (Å²) in [6.45, 7) is 2.32. The molecule has 0 saturated heterocycles. The molecule has 0 radical (unpaired) electrons. The van der Waals surface area contributed by atoms with Crippen LogP contribution in [-0.4, -0.2) is 26.7 Å². The zero-order valence-corrected chi connectivity index (χ0v) is 16.6. The molecule has 0 unspecified atom stereocenters. The van der Waals surface area contributed by atoms with E-state index in [1.165, 1.54) is 6.07 Å². The number of benzene rings is 2. The number of aromatic nitrogens is 3. The molecule has 1 fully saturated rings. The Morgan fingerprint density at radius 3 is 2.83 bits per heavy atom. The molecule has 1 aliphatic rings. The molecular formula is C24H21FN4O. The summed E-state index contributed by atoms with van der Waals surface area (Å²) in [7, 11) is 0. The highest BCUT2D eigenvalue weighted by atomic mass is 19.1. The second kappa shape index (κ2) is 7.37. The Kier molecular flexibility index (Phi) is 4.54. The van der Waals surface area contributed by atoms with Crippen molar-refractivity contribution in [3.8, 4) is 11.1 Å². The van der Waals surface area contributed by atoms with Crippen LogP contribution in [0, 0.1) is 12.7 Å². The third-order valence-electron chi connectivity index (χ3n) is 5.51. The predicted octanol–water partition coefficient (Wildman–Crippen LogP) is 4.49. The highest BCUT2D eigenvalue weighted by Crippen LogP contribution is 2.30. The fourth-order valence-corrected chi connectivity index (χ4v) is 3.63. The van der Waals surface area contributed by atoms with Gasteiger partial charge < -0.3 is 5.32 Å². The van der Waals surface area contributed by atoms with E-state index >= 15 is 0 Å². The van der Waals surface area contributed by atoms with E-state index in [1.54, 1.807) is 25.4 Å². The van der Waals surface area contributed by atoms with Crippen molar-refractivity contribution in [2.45, 2.75) is 32.4 Å². The lowest BCUT2D eigenvalue weighted by atomic mass is 9.96. The number of carbonyl (C=O) groups excluding carboxylic acids is 1. The van der Waals surface area contributed by atoms with Gasteiger partial charge in [0, 0.05) is 23.2 Å². The summed E-state index contributed by atoms with van der Waals surface area (Å²) in [4.78, 5) is 16.8. The SMILES string of the molecule is Cc1c(F)cc(C(=O)NC2CC2)cc1-c1ccc2c(cnn2Cc2ccccn2)c1. The first-order valence-electron chi connectivity index (χ1n) is 10.1. The van der Waals surface area contributed by atoms with Crippen LogP contribution in [0.25, 0.3) is 22.0 Å². The summed E-state index contributed by atoms with van der Waals surface area (Å²) in [5, 5.41) is 8.37. The summed E-state index contributed by atoms with van der Waals surface area (Å²) in [6.07, 6.45) is 5.55. The Morgan fingerprint density at radius 1 is 1.20 bits per heavy atom. The molecule has 6 heteroatoms. The second-order valence-corrected chi connectivity index (χ2v) is 7.78. The van der Waals surface area contributed by atoms with E-state index in [0.29, 0.717) is 17.7 Å². The summed E-state index contributed by atoms with van der Waals surface area (Å²) in [6, 6.07) is 15.0. The second-order valence-electron chi connectivity index (χ2n) is 7.78. The van der Waals surface area contributed by atoms with Crippen molar-refractivity contribution in [3.05, 3.63) is 83.6 Å². The molecule has 1 aliphatic carbocycles. The molecule has 2 heterocycles. The average molecular weight is 400 g/mol. The Morgan fingerprint density at radius 2 is 2.07 bits per heavy atom. The van der Waals surface area contributed by atoms with Crippen molar-refractivity contribution in [2.75, 3.05) is 0 Å².